The zero-order valence-electron chi connectivity index (χ0n) is 9.87. The molecule has 1 aromatic carbocycles. The van der Waals surface area contributed by atoms with Crippen molar-refractivity contribution in [3.63, 3.8) is 0 Å². The molecule has 0 heterocycles. The first kappa shape index (κ1) is 14.1. The number of esters is 1. The lowest BCUT2D eigenvalue weighted by molar-refractivity contribution is -0.384. The van der Waals surface area contributed by atoms with Crippen molar-refractivity contribution in [2.45, 2.75) is 6.92 Å². The molecule has 1 amide bonds. The van der Waals surface area contributed by atoms with Gasteiger partial charge in [0.05, 0.1) is 23.2 Å². The summed E-state index contributed by atoms with van der Waals surface area (Å²) in [4.78, 5) is 32.4. The summed E-state index contributed by atoms with van der Waals surface area (Å²) in [5.41, 5.74) is -0.393. The number of rotatable bonds is 3. The van der Waals surface area contributed by atoms with Gasteiger partial charge in [0.25, 0.3) is 5.69 Å². The van der Waals surface area contributed by atoms with Crippen molar-refractivity contribution in [1.82, 2.24) is 0 Å². The highest BCUT2D eigenvalue weighted by Crippen LogP contribution is 2.20. The number of hydrogen-bond donors (Lipinski definition) is 1. The van der Waals surface area contributed by atoms with E-state index in [1.165, 1.54) is 13.0 Å². The lowest BCUT2D eigenvalue weighted by Gasteiger charge is -2.04. The SMILES string of the molecule is CCOC(=O)C(=O)Nc1cc(C#N)cc([N+](=O)[O-])c1. The van der Waals surface area contributed by atoms with Gasteiger partial charge in [-0.3, -0.25) is 14.9 Å². The van der Waals surface area contributed by atoms with E-state index in [0.29, 0.717) is 0 Å². The molecule has 0 saturated carbocycles. The van der Waals surface area contributed by atoms with Crippen LogP contribution in [0.5, 0.6) is 0 Å². The molecule has 0 aromatic heterocycles. The van der Waals surface area contributed by atoms with Crippen LogP contribution in [0.25, 0.3) is 0 Å². The maximum Gasteiger partial charge on any atom is 0.397 e. The first-order valence-electron chi connectivity index (χ1n) is 5.15. The Labute approximate surface area is 107 Å². The molecule has 0 aliphatic heterocycles. The van der Waals surface area contributed by atoms with E-state index in [1.807, 2.05) is 0 Å². The highest BCUT2D eigenvalue weighted by molar-refractivity contribution is 6.37. The second kappa shape index (κ2) is 6.11. The number of nitro benzene ring substituents is 1. The molecule has 1 rings (SSSR count). The molecule has 19 heavy (non-hydrogen) atoms. The van der Waals surface area contributed by atoms with Crippen molar-refractivity contribution in [2.24, 2.45) is 0 Å². The van der Waals surface area contributed by atoms with E-state index in [2.05, 4.69) is 10.1 Å². The molecule has 8 heteroatoms. The molecular formula is C11H9N3O5. The summed E-state index contributed by atoms with van der Waals surface area (Å²) in [6, 6.07) is 5.03. The predicted molar refractivity (Wildman–Crippen MR) is 63.1 cm³/mol. The molecule has 0 atom stereocenters. The molecule has 0 unspecified atom stereocenters. The molecule has 0 aliphatic rings. The molecule has 0 spiro atoms. The minimum absolute atomic E-state index is 0.00615. The largest absolute Gasteiger partial charge is 0.459 e. The first-order valence-corrected chi connectivity index (χ1v) is 5.15. The van der Waals surface area contributed by atoms with Gasteiger partial charge in [-0.05, 0) is 13.0 Å². The number of ether oxygens (including phenoxy) is 1. The van der Waals surface area contributed by atoms with Gasteiger partial charge >= 0.3 is 11.9 Å². The van der Waals surface area contributed by atoms with Crippen LogP contribution in [0.3, 0.4) is 0 Å². The van der Waals surface area contributed by atoms with Crippen molar-refractivity contribution in [3.05, 3.63) is 33.9 Å². The topological polar surface area (TPSA) is 122 Å². The normalized spacial score (nSPS) is 9.26. The Kier molecular flexibility index (Phi) is 4.54. The Morgan fingerprint density at radius 3 is 2.68 bits per heavy atom. The van der Waals surface area contributed by atoms with Crippen LogP contribution in [0.15, 0.2) is 18.2 Å². The smallest absolute Gasteiger partial charge is 0.397 e. The van der Waals surface area contributed by atoms with Gasteiger partial charge in [0.2, 0.25) is 0 Å². The van der Waals surface area contributed by atoms with Crippen LogP contribution in [0.4, 0.5) is 11.4 Å². The number of anilines is 1. The Bertz CT molecular complexity index is 576. The van der Waals surface area contributed by atoms with Gasteiger partial charge in [-0.15, -0.1) is 0 Å². The lowest BCUT2D eigenvalue weighted by atomic mass is 10.2. The molecule has 98 valence electrons. The van der Waals surface area contributed by atoms with Crippen LogP contribution in [0, 0.1) is 21.4 Å². The molecular weight excluding hydrogens is 254 g/mol. The van der Waals surface area contributed by atoms with Crippen LogP contribution < -0.4 is 5.32 Å². The van der Waals surface area contributed by atoms with Gasteiger partial charge in [0.15, 0.2) is 0 Å². The standard InChI is InChI=1S/C11H9N3O5/c1-2-19-11(16)10(15)13-8-3-7(6-12)4-9(5-8)14(17)18/h3-5H,2H2,1H3,(H,13,15). The average Bonchev–Trinajstić information content (AvgIpc) is 2.38. The number of hydrogen-bond acceptors (Lipinski definition) is 6. The van der Waals surface area contributed by atoms with Crippen molar-refractivity contribution in [1.29, 1.82) is 5.26 Å². The summed E-state index contributed by atoms with van der Waals surface area (Å²) in [5.74, 6) is -2.17. The number of nitrogens with zero attached hydrogens (tertiary/aromatic N) is 2. The van der Waals surface area contributed by atoms with E-state index in [9.17, 15) is 19.7 Å². The number of benzene rings is 1. The van der Waals surface area contributed by atoms with E-state index >= 15 is 0 Å². The number of nitrogens with one attached hydrogen (secondary N) is 1. The van der Waals surface area contributed by atoms with Gasteiger partial charge in [-0.25, -0.2) is 4.79 Å². The Morgan fingerprint density at radius 2 is 2.16 bits per heavy atom. The van der Waals surface area contributed by atoms with Crippen LogP contribution in [0.1, 0.15) is 12.5 Å². The van der Waals surface area contributed by atoms with E-state index < -0.39 is 16.8 Å². The third kappa shape index (κ3) is 3.78. The van der Waals surface area contributed by atoms with Crippen molar-refractivity contribution in [2.75, 3.05) is 11.9 Å². The van der Waals surface area contributed by atoms with Crippen LogP contribution in [-0.2, 0) is 14.3 Å². The second-order valence-electron chi connectivity index (χ2n) is 3.31. The fourth-order valence-electron chi connectivity index (χ4n) is 1.23. The fourth-order valence-corrected chi connectivity index (χ4v) is 1.23. The summed E-state index contributed by atoms with van der Waals surface area (Å²) in [5, 5.41) is 21.5. The average molecular weight is 263 g/mol. The van der Waals surface area contributed by atoms with Crippen LogP contribution >= 0.6 is 0 Å². The Balaban J connectivity index is 2.98. The molecule has 0 bridgehead atoms. The van der Waals surface area contributed by atoms with E-state index in [0.717, 1.165) is 12.1 Å². The van der Waals surface area contributed by atoms with Crippen LogP contribution in [0.2, 0.25) is 0 Å². The molecule has 0 saturated heterocycles. The Morgan fingerprint density at radius 1 is 1.47 bits per heavy atom. The van der Waals surface area contributed by atoms with Gasteiger partial charge in [0.1, 0.15) is 0 Å². The highest BCUT2D eigenvalue weighted by atomic mass is 16.6. The molecule has 1 N–H and O–H groups in total. The third-order valence-corrected chi connectivity index (χ3v) is 1.98. The molecule has 0 aliphatic carbocycles. The first-order chi connectivity index (χ1) is 8.97. The van der Waals surface area contributed by atoms with Crippen molar-refractivity contribution in [3.8, 4) is 6.07 Å². The van der Waals surface area contributed by atoms with Gasteiger partial charge in [-0.1, -0.05) is 0 Å². The summed E-state index contributed by atoms with van der Waals surface area (Å²) >= 11 is 0. The summed E-state index contributed by atoms with van der Waals surface area (Å²) in [7, 11) is 0. The number of carbonyl (C=O) groups excluding carboxylic acids is 2. The highest BCUT2D eigenvalue weighted by Gasteiger charge is 2.17. The van der Waals surface area contributed by atoms with Crippen molar-refractivity contribution >= 4 is 23.3 Å². The molecule has 0 fully saturated rings. The van der Waals surface area contributed by atoms with E-state index in [1.54, 1.807) is 6.07 Å². The van der Waals surface area contributed by atoms with Crippen molar-refractivity contribution < 1.29 is 19.2 Å². The minimum atomic E-state index is -1.10. The summed E-state index contributed by atoms with van der Waals surface area (Å²) < 4.78 is 4.46. The molecule has 1 aromatic rings. The maximum absolute atomic E-state index is 11.3. The maximum atomic E-state index is 11.3. The van der Waals surface area contributed by atoms with Gasteiger partial charge in [-0.2, -0.15) is 5.26 Å². The number of amides is 1. The number of nitriles is 1. The third-order valence-electron chi connectivity index (χ3n) is 1.98. The number of carbonyl (C=O) groups is 2. The zero-order chi connectivity index (χ0) is 14.4. The summed E-state index contributed by atoms with van der Waals surface area (Å²) in [6.07, 6.45) is 0. The monoisotopic (exact) mass is 263 g/mol. The summed E-state index contributed by atoms with van der Waals surface area (Å²) in [6.45, 7) is 1.57. The van der Waals surface area contributed by atoms with E-state index in [4.69, 9.17) is 5.26 Å². The fraction of sp³-hybridized carbons (Fsp3) is 0.182. The number of non-ortho nitro benzene ring substituents is 1. The Hall–Kier alpha value is -2.95. The zero-order valence-corrected chi connectivity index (χ0v) is 9.87. The van der Waals surface area contributed by atoms with E-state index in [-0.39, 0.29) is 23.5 Å². The van der Waals surface area contributed by atoms with Gasteiger partial charge < -0.3 is 10.1 Å². The van der Waals surface area contributed by atoms with Gasteiger partial charge in [0, 0.05) is 17.8 Å². The predicted octanol–water partition coefficient (Wildman–Crippen LogP) is 0.968. The lowest BCUT2D eigenvalue weighted by Crippen LogP contribution is -2.25. The number of nitro groups is 1. The second-order valence-corrected chi connectivity index (χ2v) is 3.31. The molecule has 8 nitrogen and oxygen atoms in total. The minimum Gasteiger partial charge on any atom is -0.459 e. The molecule has 0 radical (unpaired) electrons. The van der Waals surface area contributed by atoms with Crippen LogP contribution in [-0.4, -0.2) is 23.4 Å². The quantitative estimate of drug-likeness (QED) is 0.375.